The van der Waals surface area contributed by atoms with Crippen molar-refractivity contribution in [1.29, 1.82) is 0 Å². The molecule has 1 saturated heterocycles. The quantitative estimate of drug-likeness (QED) is 0.687. The van der Waals surface area contributed by atoms with Gasteiger partial charge in [0.15, 0.2) is 0 Å². The van der Waals surface area contributed by atoms with E-state index in [-0.39, 0.29) is 5.91 Å². The first kappa shape index (κ1) is 8.51. The molecule has 2 heterocycles. The third-order valence-electron chi connectivity index (χ3n) is 2.06. The van der Waals surface area contributed by atoms with E-state index in [9.17, 15) is 4.79 Å². The number of hydrogen-bond acceptors (Lipinski definition) is 2. The van der Waals surface area contributed by atoms with Crippen molar-refractivity contribution in [3.8, 4) is 0 Å². The number of halogens is 1. The molecule has 0 bridgehead atoms. The second kappa shape index (κ2) is 3.34. The summed E-state index contributed by atoms with van der Waals surface area (Å²) in [5.74, 6) is 0.796. The van der Waals surface area contributed by atoms with E-state index in [0.29, 0.717) is 17.3 Å². The number of carbonyl (C=O) groups is 1. The van der Waals surface area contributed by atoms with Gasteiger partial charge in [-0.15, -0.1) is 0 Å². The molecular formula is C9H9ClN2O. The maximum absolute atomic E-state index is 11.3. The van der Waals surface area contributed by atoms with Crippen LogP contribution in [-0.4, -0.2) is 17.4 Å². The van der Waals surface area contributed by atoms with E-state index in [4.69, 9.17) is 11.6 Å². The van der Waals surface area contributed by atoms with E-state index in [1.54, 1.807) is 23.2 Å². The molecule has 1 aromatic heterocycles. The van der Waals surface area contributed by atoms with Gasteiger partial charge < -0.3 is 0 Å². The van der Waals surface area contributed by atoms with Gasteiger partial charge >= 0.3 is 0 Å². The third-order valence-corrected chi connectivity index (χ3v) is 2.29. The summed E-state index contributed by atoms with van der Waals surface area (Å²) in [7, 11) is 0. The van der Waals surface area contributed by atoms with Gasteiger partial charge in [-0.2, -0.15) is 0 Å². The summed E-state index contributed by atoms with van der Waals surface area (Å²) in [5, 5.41) is 0.615. The molecule has 13 heavy (non-hydrogen) atoms. The first-order valence-corrected chi connectivity index (χ1v) is 4.57. The van der Waals surface area contributed by atoms with Gasteiger partial charge in [-0.1, -0.05) is 11.6 Å². The van der Waals surface area contributed by atoms with Crippen LogP contribution in [0.5, 0.6) is 0 Å². The van der Waals surface area contributed by atoms with Crippen molar-refractivity contribution in [2.75, 3.05) is 11.4 Å². The summed E-state index contributed by atoms with van der Waals surface area (Å²) in [4.78, 5) is 17.1. The number of carbonyl (C=O) groups excluding carboxylic acids is 1. The molecule has 1 aliphatic heterocycles. The van der Waals surface area contributed by atoms with Crippen molar-refractivity contribution in [2.24, 2.45) is 0 Å². The number of anilines is 1. The lowest BCUT2D eigenvalue weighted by Gasteiger charge is -2.13. The van der Waals surface area contributed by atoms with Crippen LogP contribution in [0.2, 0.25) is 5.02 Å². The maximum Gasteiger partial charge on any atom is 0.228 e. The predicted molar refractivity (Wildman–Crippen MR) is 50.8 cm³/mol. The molecule has 1 aromatic rings. The minimum atomic E-state index is 0.134. The van der Waals surface area contributed by atoms with E-state index < -0.39 is 0 Å². The molecule has 4 heteroatoms. The second-order valence-corrected chi connectivity index (χ2v) is 3.42. The Morgan fingerprint density at radius 1 is 1.54 bits per heavy atom. The molecule has 0 radical (unpaired) electrons. The lowest BCUT2D eigenvalue weighted by atomic mass is 10.4. The molecule has 3 nitrogen and oxygen atoms in total. The predicted octanol–water partition coefficient (Wildman–Crippen LogP) is 1.86. The first-order chi connectivity index (χ1) is 6.27. The number of aromatic nitrogens is 1. The summed E-state index contributed by atoms with van der Waals surface area (Å²) >= 11 is 5.79. The third kappa shape index (κ3) is 1.65. The molecule has 0 atom stereocenters. The Bertz CT molecular complexity index is 340. The van der Waals surface area contributed by atoms with Crippen molar-refractivity contribution < 1.29 is 4.79 Å². The number of amides is 1. The average Bonchev–Trinajstić information content (AvgIpc) is 2.51. The van der Waals surface area contributed by atoms with Crippen LogP contribution in [0.25, 0.3) is 0 Å². The molecule has 68 valence electrons. The highest BCUT2D eigenvalue weighted by Crippen LogP contribution is 2.21. The van der Waals surface area contributed by atoms with Crippen LogP contribution in [0.4, 0.5) is 5.82 Å². The zero-order chi connectivity index (χ0) is 9.26. The number of rotatable bonds is 1. The zero-order valence-electron chi connectivity index (χ0n) is 7.03. The highest BCUT2D eigenvalue weighted by Gasteiger charge is 2.22. The van der Waals surface area contributed by atoms with Crippen molar-refractivity contribution in [1.82, 2.24) is 4.98 Å². The van der Waals surface area contributed by atoms with Crippen molar-refractivity contribution in [2.45, 2.75) is 12.8 Å². The van der Waals surface area contributed by atoms with E-state index in [1.165, 1.54) is 0 Å². The van der Waals surface area contributed by atoms with E-state index in [1.807, 2.05) is 0 Å². The Morgan fingerprint density at radius 2 is 2.38 bits per heavy atom. The number of nitrogens with zero attached hydrogens (tertiary/aromatic N) is 2. The second-order valence-electron chi connectivity index (χ2n) is 2.98. The lowest BCUT2D eigenvalue weighted by molar-refractivity contribution is -0.117. The van der Waals surface area contributed by atoms with Gasteiger partial charge in [-0.25, -0.2) is 4.98 Å². The molecule has 2 rings (SSSR count). The summed E-state index contributed by atoms with van der Waals surface area (Å²) in [6.45, 7) is 0.756. The molecular weight excluding hydrogens is 188 g/mol. The van der Waals surface area contributed by atoms with Gasteiger partial charge in [0.1, 0.15) is 5.82 Å². The highest BCUT2D eigenvalue weighted by atomic mass is 35.5. The molecule has 0 spiro atoms. The minimum absolute atomic E-state index is 0.134. The Balaban J connectivity index is 2.29. The van der Waals surface area contributed by atoms with Crippen LogP contribution in [0.1, 0.15) is 12.8 Å². The van der Waals surface area contributed by atoms with Crippen molar-refractivity contribution in [3.63, 3.8) is 0 Å². The van der Waals surface area contributed by atoms with Crippen LogP contribution in [0.3, 0.4) is 0 Å². The fraction of sp³-hybridized carbons (Fsp3) is 0.333. The standard InChI is InChI=1S/C9H9ClN2O/c10-7-3-4-11-8(6-7)12-5-1-2-9(12)13/h3-4,6H,1-2,5H2. The average molecular weight is 197 g/mol. The highest BCUT2D eigenvalue weighted by molar-refractivity contribution is 6.30. The minimum Gasteiger partial charge on any atom is -0.297 e. The Hall–Kier alpha value is -1.09. The van der Waals surface area contributed by atoms with Crippen LogP contribution in [0.15, 0.2) is 18.3 Å². The normalized spacial score (nSPS) is 16.7. The van der Waals surface area contributed by atoms with E-state index in [2.05, 4.69) is 4.98 Å². The molecule has 0 saturated carbocycles. The van der Waals surface area contributed by atoms with Crippen LogP contribution >= 0.6 is 11.6 Å². The molecule has 0 aliphatic carbocycles. The van der Waals surface area contributed by atoms with Crippen LogP contribution < -0.4 is 4.90 Å². The molecule has 0 unspecified atom stereocenters. The SMILES string of the molecule is O=C1CCCN1c1cc(Cl)ccn1. The zero-order valence-corrected chi connectivity index (χ0v) is 7.79. The molecule has 0 aromatic carbocycles. The monoisotopic (exact) mass is 196 g/mol. The van der Waals surface area contributed by atoms with Crippen LogP contribution in [-0.2, 0) is 4.79 Å². The van der Waals surface area contributed by atoms with Crippen molar-refractivity contribution in [3.05, 3.63) is 23.4 Å². The smallest absolute Gasteiger partial charge is 0.228 e. The van der Waals surface area contributed by atoms with Gasteiger partial charge in [-0.05, 0) is 18.6 Å². The fourth-order valence-electron chi connectivity index (χ4n) is 1.43. The van der Waals surface area contributed by atoms with Gasteiger partial charge in [0, 0.05) is 24.2 Å². The maximum atomic E-state index is 11.3. The largest absolute Gasteiger partial charge is 0.297 e. The number of pyridine rings is 1. The summed E-state index contributed by atoms with van der Waals surface area (Å²) < 4.78 is 0. The van der Waals surface area contributed by atoms with Gasteiger partial charge in [0.05, 0.1) is 0 Å². The van der Waals surface area contributed by atoms with Gasteiger partial charge in [0.2, 0.25) is 5.91 Å². The topological polar surface area (TPSA) is 33.2 Å². The Labute approximate surface area is 81.3 Å². The first-order valence-electron chi connectivity index (χ1n) is 4.19. The molecule has 1 amide bonds. The summed E-state index contributed by atoms with van der Waals surface area (Å²) in [5.41, 5.74) is 0. The van der Waals surface area contributed by atoms with Gasteiger partial charge in [-0.3, -0.25) is 9.69 Å². The summed E-state index contributed by atoms with van der Waals surface area (Å²) in [6, 6.07) is 3.41. The summed E-state index contributed by atoms with van der Waals surface area (Å²) in [6.07, 6.45) is 3.14. The fourth-order valence-corrected chi connectivity index (χ4v) is 1.59. The number of hydrogen-bond donors (Lipinski definition) is 0. The van der Waals surface area contributed by atoms with Gasteiger partial charge in [0.25, 0.3) is 0 Å². The lowest BCUT2D eigenvalue weighted by Crippen LogP contribution is -2.24. The van der Waals surface area contributed by atoms with Crippen molar-refractivity contribution >= 4 is 23.3 Å². The molecule has 1 aliphatic rings. The van der Waals surface area contributed by atoms with E-state index in [0.717, 1.165) is 13.0 Å². The molecule has 1 fully saturated rings. The van der Waals surface area contributed by atoms with Crippen LogP contribution in [0, 0.1) is 0 Å². The Kier molecular flexibility index (Phi) is 2.19. The Morgan fingerprint density at radius 3 is 3.00 bits per heavy atom. The van der Waals surface area contributed by atoms with E-state index >= 15 is 0 Å². The molecule has 0 N–H and O–H groups in total.